The summed E-state index contributed by atoms with van der Waals surface area (Å²) < 4.78 is 0. The number of nitrogens with zero attached hydrogens (tertiary/aromatic N) is 2. The first-order valence-corrected chi connectivity index (χ1v) is 6.55. The normalized spacial score (nSPS) is 12.1. The number of para-hydroxylation sites is 1. The van der Waals surface area contributed by atoms with Crippen LogP contribution in [0.1, 0.15) is 24.2 Å². The number of aromatic nitrogens is 1. The van der Waals surface area contributed by atoms with E-state index in [-0.39, 0.29) is 16.7 Å². The van der Waals surface area contributed by atoms with Crippen molar-refractivity contribution < 1.29 is 4.92 Å². The molecule has 0 spiro atoms. The van der Waals surface area contributed by atoms with Crippen LogP contribution < -0.4 is 5.32 Å². The van der Waals surface area contributed by atoms with Crippen LogP contribution >= 0.6 is 0 Å². The van der Waals surface area contributed by atoms with Crippen molar-refractivity contribution in [2.24, 2.45) is 0 Å². The van der Waals surface area contributed by atoms with Gasteiger partial charge in [0.25, 0.3) is 5.69 Å². The van der Waals surface area contributed by atoms with Crippen molar-refractivity contribution in [2.45, 2.75) is 19.4 Å². The molecule has 0 amide bonds. The van der Waals surface area contributed by atoms with Crippen LogP contribution in [0.15, 0.2) is 48.7 Å². The molecule has 2 aromatic rings. The molecule has 20 heavy (non-hydrogen) atoms. The van der Waals surface area contributed by atoms with Crippen LogP contribution in [-0.4, -0.2) is 16.5 Å². The van der Waals surface area contributed by atoms with Gasteiger partial charge in [-0.05, 0) is 25.5 Å². The van der Waals surface area contributed by atoms with Crippen molar-refractivity contribution in [3.05, 3.63) is 70.0 Å². The predicted molar refractivity (Wildman–Crippen MR) is 77.5 cm³/mol. The van der Waals surface area contributed by atoms with Crippen molar-refractivity contribution in [1.82, 2.24) is 10.3 Å². The number of rotatable bonds is 6. The first-order chi connectivity index (χ1) is 9.68. The summed E-state index contributed by atoms with van der Waals surface area (Å²) >= 11 is 0. The van der Waals surface area contributed by atoms with Crippen molar-refractivity contribution in [1.29, 1.82) is 0 Å². The lowest BCUT2D eigenvalue weighted by molar-refractivity contribution is -0.385. The van der Waals surface area contributed by atoms with Crippen molar-refractivity contribution in [3.8, 4) is 0 Å². The third kappa shape index (κ3) is 3.61. The lowest BCUT2D eigenvalue weighted by atomic mass is 10.1. The highest BCUT2D eigenvalue weighted by molar-refractivity contribution is 5.39. The lowest BCUT2D eigenvalue weighted by Gasteiger charge is -2.13. The molecule has 0 aliphatic heterocycles. The quantitative estimate of drug-likeness (QED) is 0.648. The average molecular weight is 271 g/mol. The maximum Gasteiger partial charge on any atom is 0.272 e. The van der Waals surface area contributed by atoms with Gasteiger partial charge >= 0.3 is 0 Å². The van der Waals surface area contributed by atoms with Gasteiger partial charge in [0.15, 0.2) is 0 Å². The van der Waals surface area contributed by atoms with E-state index in [1.165, 1.54) is 6.07 Å². The van der Waals surface area contributed by atoms with E-state index in [0.29, 0.717) is 13.0 Å². The van der Waals surface area contributed by atoms with Crippen LogP contribution in [-0.2, 0) is 6.42 Å². The highest BCUT2D eigenvalue weighted by Gasteiger charge is 2.12. The van der Waals surface area contributed by atoms with Gasteiger partial charge in [-0.3, -0.25) is 15.1 Å². The summed E-state index contributed by atoms with van der Waals surface area (Å²) in [5.41, 5.74) is 1.90. The molecular formula is C15H17N3O2. The van der Waals surface area contributed by atoms with E-state index >= 15 is 0 Å². The number of nitro groups is 1. The second-order valence-electron chi connectivity index (χ2n) is 4.57. The SMILES string of the molecule is C[C@H](NCCc1ccccc1[N+](=O)[O-])c1ccccn1. The first-order valence-electron chi connectivity index (χ1n) is 6.55. The number of hydrogen-bond acceptors (Lipinski definition) is 4. The minimum atomic E-state index is -0.336. The first kappa shape index (κ1) is 14.1. The molecule has 0 saturated carbocycles. The summed E-state index contributed by atoms with van der Waals surface area (Å²) in [6.07, 6.45) is 2.38. The molecule has 1 aromatic carbocycles. The molecule has 5 nitrogen and oxygen atoms in total. The fourth-order valence-corrected chi connectivity index (χ4v) is 2.06. The molecule has 1 heterocycles. The number of hydrogen-bond donors (Lipinski definition) is 1. The highest BCUT2D eigenvalue weighted by atomic mass is 16.6. The van der Waals surface area contributed by atoms with E-state index in [1.807, 2.05) is 31.2 Å². The Morgan fingerprint density at radius 2 is 2.00 bits per heavy atom. The zero-order chi connectivity index (χ0) is 14.4. The monoisotopic (exact) mass is 271 g/mol. The van der Waals surface area contributed by atoms with Gasteiger partial charge in [0, 0.05) is 30.4 Å². The summed E-state index contributed by atoms with van der Waals surface area (Å²) in [6.45, 7) is 2.70. The van der Waals surface area contributed by atoms with Crippen LogP contribution in [0.5, 0.6) is 0 Å². The molecule has 0 saturated heterocycles. The van der Waals surface area contributed by atoms with Gasteiger partial charge in [-0.15, -0.1) is 0 Å². The van der Waals surface area contributed by atoms with Crippen molar-refractivity contribution >= 4 is 5.69 Å². The van der Waals surface area contributed by atoms with E-state index in [4.69, 9.17) is 0 Å². The molecule has 0 aliphatic carbocycles. The molecule has 1 N–H and O–H groups in total. The zero-order valence-corrected chi connectivity index (χ0v) is 11.3. The van der Waals surface area contributed by atoms with Crippen LogP contribution in [0, 0.1) is 10.1 Å². The van der Waals surface area contributed by atoms with Gasteiger partial charge in [0.1, 0.15) is 0 Å². The molecule has 0 fully saturated rings. The summed E-state index contributed by atoms with van der Waals surface area (Å²) in [7, 11) is 0. The maximum absolute atomic E-state index is 10.9. The number of nitro benzene ring substituents is 1. The van der Waals surface area contributed by atoms with Crippen LogP contribution in [0.2, 0.25) is 0 Å². The molecule has 1 atom stereocenters. The topological polar surface area (TPSA) is 68.1 Å². The predicted octanol–water partition coefficient (Wildman–Crippen LogP) is 2.88. The highest BCUT2D eigenvalue weighted by Crippen LogP contribution is 2.18. The molecule has 5 heteroatoms. The molecule has 0 unspecified atom stereocenters. The zero-order valence-electron chi connectivity index (χ0n) is 11.3. The second-order valence-corrected chi connectivity index (χ2v) is 4.57. The summed E-state index contributed by atoms with van der Waals surface area (Å²) in [5, 5.41) is 14.2. The Hall–Kier alpha value is -2.27. The van der Waals surface area contributed by atoms with E-state index in [0.717, 1.165) is 11.3 Å². The fraction of sp³-hybridized carbons (Fsp3) is 0.267. The lowest BCUT2D eigenvalue weighted by Crippen LogP contribution is -2.22. The standard InChI is InChI=1S/C15H17N3O2/c1-12(14-7-4-5-10-17-14)16-11-9-13-6-2-3-8-15(13)18(19)20/h2-8,10,12,16H,9,11H2,1H3/t12-/m0/s1. The number of nitrogens with one attached hydrogen (secondary N) is 1. The second kappa shape index (κ2) is 6.77. The molecule has 0 radical (unpaired) electrons. The van der Waals surface area contributed by atoms with Gasteiger partial charge in [0.2, 0.25) is 0 Å². The summed E-state index contributed by atoms with van der Waals surface area (Å²) in [5.74, 6) is 0. The van der Waals surface area contributed by atoms with Gasteiger partial charge in [-0.1, -0.05) is 24.3 Å². The van der Waals surface area contributed by atoms with Crippen LogP contribution in [0.4, 0.5) is 5.69 Å². The number of pyridine rings is 1. The Bertz CT molecular complexity index is 572. The average Bonchev–Trinajstić information content (AvgIpc) is 2.48. The largest absolute Gasteiger partial charge is 0.309 e. The Morgan fingerprint density at radius 1 is 1.25 bits per heavy atom. The molecule has 0 bridgehead atoms. The van der Waals surface area contributed by atoms with E-state index in [2.05, 4.69) is 10.3 Å². The maximum atomic E-state index is 10.9. The van der Waals surface area contributed by atoms with Gasteiger partial charge in [0.05, 0.1) is 10.6 Å². The smallest absolute Gasteiger partial charge is 0.272 e. The summed E-state index contributed by atoms with van der Waals surface area (Å²) in [6, 6.07) is 12.8. The molecular weight excluding hydrogens is 254 g/mol. The van der Waals surface area contributed by atoms with Gasteiger partial charge in [-0.25, -0.2) is 0 Å². The Labute approximate surface area is 117 Å². The van der Waals surface area contributed by atoms with Gasteiger partial charge < -0.3 is 5.32 Å². The van der Waals surface area contributed by atoms with E-state index < -0.39 is 0 Å². The number of benzene rings is 1. The molecule has 0 aliphatic rings. The van der Waals surface area contributed by atoms with Crippen molar-refractivity contribution in [2.75, 3.05) is 6.54 Å². The van der Waals surface area contributed by atoms with Crippen LogP contribution in [0.3, 0.4) is 0 Å². The minimum absolute atomic E-state index is 0.124. The van der Waals surface area contributed by atoms with Crippen molar-refractivity contribution in [3.63, 3.8) is 0 Å². The Balaban J connectivity index is 1.92. The third-order valence-electron chi connectivity index (χ3n) is 3.16. The van der Waals surface area contributed by atoms with E-state index in [1.54, 1.807) is 18.3 Å². The fourth-order valence-electron chi connectivity index (χ4n) is 2.06. The molecule has 2 rings (SSSR count). The Kier molecular flexibility index (Phi) is 4.79. The minimum Gasteiger partial charge on any atom is -0.309 e. The molecule has 104 valence electrons. The van der Waals surface area contributed by atoms with Crippen LogP contribution in [0.25, 0.3) is 0 Å². The third-order valence-corrected chi connectivity index (χ3v) is 3.16. The van der Waals surface area contributed by atoms with E-state index in [9.17, 15) is 10.1 Å². The summed E-state index contributed by atoms with van der Waals surface area (Å²) in [4.78, 5) is 14.9. The van der Waals surface area contributed by atoms with Gasteiger partial charge in [-0.2, -0.15) is 0 Å². The molecule has 1 aromatic heterocycles. The Morgan fingerprint density at radius 3 is 2.70 bits per heavy atom.